The molecule has 2 aromatic rings. The average Bonchev–Trinajstić information content (AvgIpc) is 3.34. The van der Waals surface area contributed by atoms with Gasteiger partial charge in [-0.15, -0.1) is 0 Å². The molecule has 30 heavy (non-hydrogen) atoms. The number of pyridine rings is 1. The topological polar surface area (TPSA) is 43.2 Å². The second-order valence-corrected chi connectivity index (χ2v) is 9.42. The second kappa shape index (κ2) is 7.91. The molecule has 5 nitrogen and oxygen atoms in total. The van der Waals surface area contributed by atoms with E-state index in [-0.39, 0.29) is 25.0 Å². The summed E-state index contributed by atoms with van der Waals surface area (Å²) < 4.78 is 35.6. The highest BCUT2D eigenvalue weighted by molar-refractivity contribution is 5.11. The predicted molar refractivity (Wildman–Crippen MR) is 110 cm³/mol. The number of aryl methyl sites for hydroxylation is 1. The van der Waals surface area contributed by atoms with Gasteiger partial charge in [0.2, 0.25) is 11.8 Å². The predicted octanol–water partition coefficient (Wildman–Crippen LogP) is 4.49. The van der Waals surface area contributed by atoms with E-state index in [0.29, 0.717) is 36.6 Å². The number of fused-ring (bicyclic) bond motifs is 1. The highest BCUT2D eigenvalue weighted by Crippen LogP contribution is 2.45. The van der Waals surface area contributed by atoms with Crippen LogP contribution in [-0.4, -0.2) is 50.8 Å². The van der Waals surface area contributed by atoms with Crippen LogP contribution < -0.4 is 4.74 Å². The molecule has 7 heteroatoms. The van der Waals surface area contributed by atoms with Crippen LogP contribution in [0.3, 0.4) is 0 Å². The Balaban J connectivity index is 1.32. The van der Waals surface area contributed by atoms with Crippen LogP contribution in [0.1, 0.15) is 50.1 Å². The van der Waals surface area contributed by atoms with Gasteiger partial charge in [0.15, 0.2) is 0 Å². The molecule has 5 rings (SSSR count). The van der Waals surface area contributed by atoms with Crippen molar-refractivity contribution >= 4 is 0 Å². The number of halogens is 2. The van der Waals surface area contributed by atoms with Gasteiger partial charge in [0.05, 0.1) is 12.2 Å². The number of likely N-dealkylation sites (tertiary alicyclic amines) is 1. The Kier molecular flexibility index (Phi) is 5.25. The molecule has 2 aromatic heterocycles. The second-order valence-electron chi connectivity index (χ2n) is 9.42. The zero-order chi connectivity index (χ0) is 20.7. The maximum atomic E-state index is 13.6. The van der Waals surface area contributed by atoms with E-state index in [2.05, 4.69) is 32.8 Å². The summed E-state index contributed by atoms with van der Waals surface area (Å²) in [5.74, 6) is -0.716. The molecule has 2 aliphatic carbocycles. The fraction of sp³-hybridized carbons (Fsp3) is 0.652. The van der Waals surface area contributed by atoms with E-state index in [0.717, 1.165) is 31.5 Å². The first-order chi connectivity index (χ1) is 14.5. The van der Waals surface area contributed by atoms with Gasteiger partial charge >= 0.3 is 0 Å². The minimum atomic E-state index is -2.46. The van der Waals surface area contributed by atoms with Crippen molar-refractivity contribution in [3.8, 4) is 5.88 Å². The molecular formula is C23H30F2N4O. The summed E-state index contributed by atoms with van der Waals surface area (Å²) in [4.78, 5) is 6.85. The molecule has 1 aliphatic heterocycles. The third-order valence-electron chi connectivity index (χ3n) is 7.30. The molecule has 162 valence electrons. The number of aromatic nitrogens is 3. The molecular weight excluding hydrogens is 386 g/mol. The lowest BCUT2D eigenvalue weighted by atomic mass is 9.77. The summed E-state index contributed by atoms with van der Waals surface area (Å²) in [5, 5.41) is 4.59. The van der Waals surface area contributed by atoms with Gasteiger partial charge in [-0.2, -0.15) is 5.10 Å². The molecule has 0 spiro atoms. The maximum Gasteiger partial charge on any atom is 0.248 e. The van der Waals surface area contributed by atoms with Crippen molar-refractivity contribution in [1.29, 1.82) is 0 Å². The average molecular weight is 417 g/mol. The molecule has 0 bridgehead atoms. The van der Waals surface area contributed by atoms with Gasteiger partial charge in [0.1, 0.15) is 6.10 Å². The molecule has 1 saturated heterocycles. The minimum absolute atomic E-state index is 0.0103. The maximum absolute atomic E-state index is 13.6. The Morgan fingerprint density at radius 2 is 1.87 bits per heavy atom. The molecule has 0 N–H and O–H groups in total. The highest BCUT2D eigenvalue weighted by atomic mass is 19.3. The number of rotatable bonds is 4. The van der Waals surface area contributed by atoms with Gasteiger partial charge in [-0.1, -0.05) is 6.07 Å². The highest BCUT2D eigenvalue weighted by Gasteiger charge is 2.47. The Hall–Kier alpha value is -2.02. The van der Waals surface area contributed by atoms with Gasteiger partial charge in [0.25, 0.3) is 0 Å². The molecule has 0 unspecified atom stereocenters. The van der Waals surface area contributed by atoms with Gasteiger partial charge in [-0.3, -0.25) is 9.58 Å². The van der Waals surface area contributed by atoms with Crippen LogP contribution in [0.25, 0.3) is 0 Å². The van der Waals surface area contributed by atoms with Crippen LogP contribution in [0, 0.1) is 18.8 Å². The van der Waals surface area contributed by atoms with E-state index in [1.54, 1.807) is 6.20 Å². The summed E-state index contributed by atoms with van der Waals surface area (Å²) in [6, 6.07) is 6.20. The van der Waals surface area contributed by atoms with E-state index in [1.807, 2.05) is 24.4 Å². The zero-order valence-electron chi connectivity index (χ0n) is 17.5. The molecule has 2 saturated carbocycles. The quantitative estimate of drug-likeness (QED) is 0.736. The zero-order valence-corrected chi connectivity index (χ0v) is 17.5. The lowest BCUT2D eigenvalue weighted by molar-refractivity contribution is -0.0520. The van der Waals surface area contributed by atoms with E-state index < -0.39 is 5.92 Å². The van der Waals surface area contributed by atoms with Crippen molar-refractivity contribution in [3.63, 3.8) is 0 Å². The fourth-order valence-electron chi connectivity index (χ4n) is 5.71. The first-order valence-corrected chi connectivity index (χ1v) is 11.2. The van der Waals surface area contributed by atoms with Crippen LogP contribution >= 0.6 is 0 Å². The van der Waals surface area contributed by atoms with E-state index >= 15 is 0 Å². The standard InChI is InChI=1S/C23H30F2N4O/c1-16-12-27-29(13-16)20-10-17-14-28(19-5-7-23(24,25)8-6-19)15-18(17)11-21(20)30-22-4-2-3-9-26-22/h2-4,9,12-13,17-21H,5-8,10-11,14-15H2,1H3/t17-,18+,20-,21-/m0/s1. The SMILES string of the molecule is Cc1cnn([C@H]2C[C@H]3CN(C4CCC(F)(F)CC4)C[C@H]3C[C@@H]2Oc2ccccn2)c1. The molecule has 3 aliphatic rings. The lowest BCUT2D eigenvalue weighted by Crippen LogP contribution is -2.40. The Morgan fingerprint density at radius 3 is 2.53 bits per heavy atom. The van der Waals surface area contributed by atoms with Gasteiger partial charge in [0, 0.05) is 50.4 Å². The summed E-state index contributed by atoms with van der Waals surface area (Å²) in [6.45, 7) is 4.06. The molecule has 3 fully saturated rings. The van der Waals surface area contributed by atoms with Crippen molar-refractivity contribution in [2.24, 2.45) is 11.8 Å². The van der Waals surface area contributed by atoms with E-state index in [1.165, 1.54) is 0 Å². The Morgan fingerprint density at radius 1 is 1.10 bits per heavy atom. The Labute approximate surface area is 176 Å². The van der Waals surface area contributed by atoms with Crippen LogP contribution in [0.2, 0.25) is 0 Å². The van der Waals surface area contributed by atoms with Crippen LogP contribution in [-0.2, 0) is 0 Å². The van der Waals surface area contributed by atoms with Crippen LogP contribution in [0.15, 0.2) is 36.8 Å². The van der Waals surface area contributed by atoms with Crippen molar-refractivity contribution in [2.75, 3.05) is 13.1 Å². The molecule has 3 heterocycles. The first kappa shape index (κ1) is 19.9. The molecule has 0 aromatic carbocycles. The number of ether oxygens (including phenoxy) is 1. The summed E-state index contributed by atoms with van der Waals surface area (Å²) in [5.41, 5.74) is 1.14. The van der Waals surface area contributed by atoms with Gasteiger partial charge in [-0.25, -0.2) is 13.8 Å². The lowest BCUT2D eigenvalue weighted by Gasteiger charge is -2.37. The minimum Gasteiger partial charge on any atom is -0.472 e. The largest absolute Gasteiger partial charge is 0.472 e. The monoisotopic (exact) mass is 416 g/mol. The fourth-order valence-corrected chi connectivity index (χ4v) is 5.71. The first-order valence-electron chi connectivity index (χ1n) is 11.2. The van der Waals surface area contributed by atoms with Gasteiger partial charge in [-0.05, 0) is 56.1 Å². The van der Waals surface area contributed by atoms with Gasteiger partial charge < -0.3 is 4.74 Å². The van der Waals surface area contributed by atoms with Crippen LogP contribution in [0.4, 0.5) is 8.78 Å². The third-order valence-corrected chi connectivity index (χ3v) is 7.30. The number of hydrogen-bond donors (Lipinski definition) is 0. The van der Waals surface area contributed by atoms with Crippen molar-refractivity contribution < 1.29 is 13.5 Å². The van der Waals surface area contributed by atoms with Crippen molar-refractivity contribution in [2.45, 2.75) is 69.6 Å². The summed E-state index contributed by atoms with van der Waals surface area (Å²) >= 11 is 0. The van der Waals surface area contributed by atoms with Crippen molar-refractivity contribution in [3.05, 3.63) is 42.4 Å². The van der Waals surface area contributed by atoms with E-state index in [4.69, 9.17) is 4.74 Å². The molecule has 4 atom stereocenters. The summed E-state index contributed by atoms with van der Waals surface area (Å²) in [6.07, 6.45) is 8.99. The smallest absolute Gasteiger partial charge is 0.248 e. The normalized spacial score (nSPS) is 32.1. The molecule has 0 amide bonds. The summed E-state index contributed by atoms with van der Waals surface area (Å²) in [7, 11) is 0. The molecule has 0 radical (unpaired) electrons. The van der Waals surface area contributed by atoms with Crippen LogP contribution in [0.5, 0.6) is 5.88 Å². The number of hydrogen-bond acceptors (Lipinski definition) is 4. The van der Waals surface area contributed by atoms with Crippen molar-refractivity contribution in [1.82, 2.24) is 19.7 Å². The number of nitrogens with zero attached hydrogens (tertiary/aromatic N) is 4. The van der Waals surface area contributed by atoms with E-state index in [9.17, 15) is 8.78 Å². The Bertz CT molecular complexity index is 848. The number of alkyl halides is 2. The third kappa shape index (κ3) is 4.09.